The van der Waals surface area contributed by atoms with Gasteiger partial charge >= 0.3 is 0 Å². The largest absolute Gasteiger partial charge is 0.389 e. The first kappa shape index (κ1) is 4.41. The summed E-state index contributed by atoms with van der Waals surface area (Å²) < 4.78 is 0. The van der Waals surface area contributed by atoms with Gasteiger partial charge in [-0.1, -0.05) is 0 Å². The number of hydrogen-bond donors (Lipinski definition) is 1. The lowest BCUT2D eigenvalue weighted by Gasteiger charge is -2.30. The Balaban J connectivity index is 2.21. The van der Waals surface area contributed by atoms with Crippen molar-refractivity contribution in [3.05, 3.63) is 0 Å². The van der Waals surface area contributed by atoms with E-state index in [1.54, 1.807) is 0 Å². The van der Waals surface area contributed by atoms with Crippen molar-refractivity contribution in [2.24, 2.45) is 0 Å². The highest BCUT2D eigenvalue weighted by Crippen LogP contribution is 2.02. The average Bonchev–Trinajstić information content (AvgIpc) is 1.58. The molecule has 38 valence electrons. The normalized spacial score (nSPS) is 20.9. The Morgan fingerprint density at radius 3 is 2.43 bits per heavy atom. The average molecular weight is 98.1 g/mol. The van der Waals surface area contributed by atoms with Crippen LogP contribution < -0.4 is 0 Å². The number of aliphatic hydroxyl groups is 1. The molecule has 1 aliphatic rings. The molecule has 0 bridgehead atoms. The van der Waals surface area contributed by atoms with Gasteiger partial charge in [0.2, 0.25) is 0 Å². The SMILES string of the molecule is N#CN1CC(O)C1. The minimum Gasteiger partial charge on any atom is -0.389 e. The van der Waals surface area contributed by atoms with E-state index in [0.717, 1.165) is 0 Å². The molecular formula is C4H6N2O. The second-order valence-electron chi connectivity index (χ2n) is 1.66. The Kier molecular flexibility index (Phi) is 0.878. The standard InChI is InChI=1S/C4H6N2O/c5-3-6-1-4(7)2-6/h4,7H,1-2H2. The van der Waals surface area contributed by atoms with Gasteiger partial charge in [0.15, 0.2) is 6.19 Å². The number of hydrogen-bond acceptors (Lipinski definition) is 3. The van der Waals surface area contributed by atoms with Gasteiger partial charge in [-0.15, -0.1) is 0 Å². The van der Waals surface area contributed by atoms with Gasteiger partial charge in [0.25, 0.3) is 0 Å². The third kappa shape index (κ3) is 0.648. The Morgan fingerprint density at radius 2 is 2.29 bits per heavy atom. The number of nitriles is 1. The fourth-order valence-corrected chi connectivity index (χ4v) is 0.537. The van der Waals surface area contributed by atoms with Crippen LogP contribution >= 0.6 is 0 Å². The van der Waals surface area contributed by atoms with Crippen LogP contribution in [0, 0.1) is 11.5 Å². The Labute approximate surface area is 41.8 Å². The molecule has 3 heteroatoms. The molecule has 1 heterocycles. The van der Waals surface area contributed by atoms with Crippen LogP contribution in [0.4, 0.5) is 0 Å². The quantitative estimate of drug-likeness (QED) is 0.401. The summed E-state index contributed by atoms with van der Waals surface area (Å²) in [6.45, 7) is 1.05. The summed E-state index contributed by atoms with van der Waals surface area (Å²) in [6.07, 6.45) is 1.65. The molecule has 1 aliphatic heterocycles. The molecule has 1 saturated heterocycles. The molecule has 1 fully saturated rings. The number of aliphatic hydroxyl groups excluding tert-OH is 1. The van der Waals surface area contributed by atoms with Crippen molar-refractivity contribution in [2.75, 3.05) is 13.1 Å². The van der Waals surface area contributed by atoms with Crippen LogP contribution in [0.3, 0.4) is 0 Å². The number of rotatable bonds is 0. The molecule has 0 atom stereocenters. The maximum atomic E-state index is 8.56. The van der Waals surface area contributed by atoms with Crippen molar-refractivity contribution in [1.82, 2.24) is 4.90 Å². The molecule has 0 amide bonds. The van der Waals surface area contributed by atoms with Crippen molar-refractivity contribution in [3.8, 4) is 6.19 Å². The van der Waals surface area contributed by atoms with E-state index in [4.69, 9.17) is 10.4 Å². The van der Waals surface area contributed by atoms with Gasteiger partial charge in [-0.25, -0.2) is 0 Å². The third-order valence-corrected chi connectivity index (χ3v) is 1.00. The van der Waals surface area contributed by atoms with Crippen molar-refractivity contribution >= 4 is 0 Å². The van der Waals surface area contributed by atoms with Crippen molar-refractivity contribution in [3.63, 3.8) is 0 Å². The predicted octanol–water partition coefficient (Wildman–Crippen LogP) is -0.856. The van der Waals surface area contributed by atoms with Gasteiger partial charge in [0, 0.05) is 0 Å². The van der Waals surface area contributed by atoms with Crippen molar-refractivity contribution in [2.45, 2.75) is 6.10 Å². The summed E-state index contributed by atoms with van der Waals surface area (Å²) in [5, 5.41) is 16.6. The zero-order valence-electron chi connectivity index (χ0n) is 3.83. The number of β-amino-alcohol motifs (C(OH)–C–C–N with tert-alkyl or cyclic N) is 1. The van der Waals surface area contributed by atoms with E-state index in [9.17, 15) is 0 Å². The lowest BCUT2D eigenvalue weighted by molar-refractivity contribution is 0.0385. The molecule has 1 N–H and O–H groups in total. The highest BCUT2D eigenvalue weighted by atomic mass is 16.3. The minimum atomic E-state index is -0.250. The first-order chi connectivity index (χ1) is 3.33. The van der Waals surface area contributed by atoms with E-state index in [1.807, 2.05) is 6.19 Å². The lowest BCUT2D eigenvalue weighted by atomic mass is 10.2. The van der Waals surface area contributed by atoms with E-state index >= 15 is 0 Å². The molecular weight excluding hydrogens is 92.1 g/mol. The first-order valence-corrected chi connectivity index (χ1v) is 2.15. The Morgan fingerprint density at radius 1 is 1.71 bits per heavy atom. The number of nitrogens with zero attached hydrogens (tertiary/aromatic N) is 2. The zero-order valence-corrected chi connectivity index (χ0v) is 3.83. The van der Waals surface area contributed by atoms with E-state index in [1.165, 1.54) is 4.90 Å². The highest BCUT2D eigenvalue weighted by Gasteiger charge is 2.21. The molecule has 0 spiro atoms. The minimum absolute atomic E-state index is 0.250. The van der Waals surface area contributed by atoms with E-state index in [0.29, 0.717) is 13.1 Å². The van der Waals surface area contributed by atoms with Crippen LogP contribution in [0.5, 0.6) is 0 Å². The summed E-state index contributed by atoms with van der Waals surface area (Å²) in [4.78, 5) is 1.50. The summed E-state index contributed by atoms with van der Waals surface area (Å²) in [7, 11) is 0. The van der Waals surface area contributed by atoms with Gasteiger partial charge in [-0.3, -0.25) is 0 Å². The van der Waals surface area contributed by atoms with Gasteiger partial charge in [-0.05, 0) is 0 Å². The van der Waals surface area contributed by atoms with Crippen molar-refractivity contribution in [1.29, 1.82) is 5.26 Å². The van der Waals surface area contributed by atoms with E-state index < -0.39 is 0 Å². The fourth-order valence-electron chi connectivity index (χ4n) is 0.537. The maximum Gasteiger partial charge on any atom is 0.179 e. The van der Waals surface area contributed by atoms with Gasteiger partial charge in [0.1, 0.15) is 0 Å². The molecule has 0 aromatic carbocycles. The van der Waals surface area contributed by atoms with E-state index in [2.05, 4.69) is 0 Å². The number of likely N-dealkylation sites (tertiary alicyclic amines) is 1. The summed E-state index contributed by atoms with van der Waals surface area (Å²) in [5.74, 6) is 0. The molecule has 0 aliphatic carbocycles. The smallest absolute Gasteiger partial charge is 0.179 e. The Bertz CT molecular complexity index is 101. The second kappa shape index (κ2) is 1.39. The monoisotopic (exact) mass is 98.0 g/mol. The third-order valence-electron chi connectivity index (χ3n) is 1.00. The summed E-state index contributed by atoms with van der Waals surface area (Å²) in [5.41, 5.74) is 0. The van der Waals surface area contributed by atoms with E-state index in [-0.39, 0.29) is 6.10 Å². The van der Waals surface area contributed by atoms with Crippen LogP contribution in [0.15, 0.2) is 0 Å². The maximum absolute atomic E-state index is 8.56. The molecule has 0 saturated carbocycles. The summed E-state index contributed by atoms with van der Waals surface area (Å²) >= 11 is 0. The first-order valence-electron chi connectivity index (χ1n) is 2.15. The molecule has 0 aromatic rings. The van der Waals surface area contributed by atoms with Crippen LogP contribution in [-0.4, -0.2) is 29.2 Å². The molecule has 0 unspecified atom stereocenters. The van der Waals surface area contributed by atoms with Crippen LogP contribution in [-0.2, 0) is 0 Å². The molecule has 3 nitrogen and oxygen atoms in total. The van der Waals surface area contributed by atoms with Crippen LogP contribution in [0.1, 0.15) is 0 Å². The molecule has 0 aromatic heterocycles. The lowest BCUT2D eigenvalue weighted by Crippen LogP contribution is -2.47. The zero-order chi connectivity index (χ0) is 5.28. The van der Waals surface area contributed by atoms with Gasteiger partial charge in [-0.2, -0.15) is 5.26 Å². The fraction of sp³-hybridized carbons (Fsp3) is 0.750. The van der Waals surface area contributed by atoms with Crippen LogP contribution in [0.25, 0.3) is 0 Å². The second-order valence-corrected chi connectivity index (χ2v) is 1.66. The molecule has 1 rings (SSSR count). The Hall–Kier alpha value is -0.750. The summed E-state index contributed by atoms with van der Waals surface area (Å²) in [6, 6.07) is 0. The topological polar surface area (TPSA) is 47.3 Å². The van der Waals surface area contributed by atoms with Gasteiger partial charge in [0.05, 0.1) is 19.2 Å². The highest BCUT2D eigenvalue weighted by molar-refractivity contribution is 4.87. The van der Waals surface area contributed by atoms with Gasteiger partial charge < -0.3 is 10.0 Å². The predicted molar refractivity (Wildman–Crippen MR) is 23.2 cm³/mol. The molecule has 0 radical (unpaired) electrons. The van der Waals surface area contributed by atoms with Crippen LogP contribution in [0.2, 0.25) is 0 Å². The van der Waals surface area contributed by atoms with Crippen molar-refractivity contribution < 1.29 is 5.11 Å². The molecule has 7 heavy (non-hydrogen) atoms.